The molecule has 26 heavy (non-hydrogen) atoms. The van der Waals surface area contributed by atoms with Crippen LogP contribution in [0.1, 0.15) is 39.5 Å². The number of hydrogen-bond acceptors (Lipinski definition) is 4. The van der Waals surface area contributed by atoms with Crippen molar-refractivity contribution < 1.29 is 19.4 Å². The number of benzene rings is 1. The van der Waals surface area contributed by atoms with Crippen LogP contribution in [-0.4, -0.2) is 53.8 Å². The molecule has 0 atom stereocenters. The number of aliphatic carboxylic acids is 1. The Labute approximate surface area is 154 Å². The van der Waals surface area contributed by atoms with Crippen LogP contribution in [0.2, 0.25) is 0 Å². The van der Waals surface area contributed by atoms with Gasteiger partial charge < -0.3 is 20.5 Å². The fourth-order valence-electron chi connectivity index (χ4n) is 3.04. The molecule has 3 N–H and O–H groups in total. The smallest absolute Gasteiger partial charge is 0.319 e. The lowest BCUT2D eigenvalue weighted by Crippen LogP contribution is -2.55. The van der Waals surface area contributed by atoms with Gasteiger partial charge in [0.25, 0.3) is 0 Å². The standard InChI is InChI=1S/C19H29N3O4/c1-3-5-10-26-17-9-7-6-8-16(17)21-19(25)20-14-11-15(12-14)22(4-2)13-18(23)24/h6-9,14-15H,3-5,10-13H2,1-2H3,(H,23,24)(H2,20,21,25). The number of amides is 2. The van der Waals surface area contributed by atoms with E-state index in [4.69, 9.17) is 9.84 Å². The van der Waals surface area contributed by atoms with Gasteiger partial charge in [0, 0.05) is 12.1 Å². The number of anilines is 1. The molecule has 1 aromatic rings. The number of para-hydroxylation sites is 2. The zero-order valence-corrected chi connectivity index (χ0v) is 15.5. The van der Waals surface area contributed by atoms with Crippen LogP contribution < -0.4 is 15.4 Å². The normalized spacial score (nSPS) is 18.9. The Balaban J connectivity index is 1.79. The van der Waals surface area contributed by atoms with E-state index < -0.39 is 5.97 Å². The topological polar surface area (TPSA) is 90.9 Å². The third-order valence-corrected chi connectivity index (χ3v) is 4.60. The summed E-state index contributed by atoms with van der Waals surface area (Å²) in [5.74, 6) is -0.151. The molecule has 1 aromatic carbocycles. The van der Waals surface area contributed by atoms with Crippen LogP contribution in [0.5, 0.6) is 5.75 Å². The average Bonchev–Trinajstić information content (AvgIpc) is 2.57. The summed E-state index contributed by atoms with van der Waals surface area (Å²) in [5.41, 5.74) is 0.651. The van der Waals surface area contributed by atoms with E-state index in [1.54, 1.807) is 0 Å². The van der Waals surface area contributed by atoms with E-state index in [-0.39, 0.29) is 24.7 Å². The van der Waals surface area contributed by atoms with Crippen molar-refractivity contribution >= 4 is 17.7 Å². The first-order chi connectivity index (χ1) is 12.5. The van der Waals surface area contributed by atoms with Crippen molar-refractivity contribution in [2.24, 2.45) is 0 Å². The summed E-state index contributed by atoms with van der Waals surface area (Å²) in [6.07, 6.45) is 3.55. The maximum atomic E-state index is 12.2. The molecule has 1 aliphatic rings. The zero-order chi connectivity index (χ0) is 18.9. The molecule has 2 rings (SSSR count). The molecular formula is C19H29N3O4. The second-order valence-electron chi connectivity index (χ2n) is 6.58. The summed E-state index contributed by atoms with van der Waals surface area (Å²) in [6.45, 7) is 5.41. The molecule has 0 spiro atoms. The summed E-state index contributed by atoms with van der Waals surface area (Å²) in [5, 5.41) is 14.7. The van der Waals surface area contributed by atoms with Gasteiger partial charge in [-0.2, -0.15) is 0 Å². The Morgan fingerprint density at radius 2 is 2.00 bits per heavy atom. The van der Waals surface area contributed by atoms with E-state index in [0.29, 0.717) is 24.6 Å². The van der Waals surface area contributed by atoms with Gasteiger partial charge in [0.1, 0.15) is 5.75 Å². The highest BCUT2D eigenvalue weighted by Gasteiger charge is 2.34. The molecule has 0 aromatic heterocycles. The molecule has 2 amide bonds. The number of likely N-dealkylation sites (N-methyl/N-ethyl adjacent to an activating group) is 1. The van der Waals surface area contributed by atoms with Gasteiger partial charge in [-0.1, -0.05) is 32.4 Å². The van der Waals surface area contributed by atoms with Crippen LogP contribution in [0.25, 0.3) is 0 Å². The van der Waals surface area contributed by atoms with Crippen molar-refractivity contribution in [1.82, 2.24) is 10.2 Å². The maximum absolute atomic E-state index is 12.2. The lowest BCUT2D eigenvalue weighted by Gasteiger charge is -2.42. The summed E-state index contributed by atoms with van der Waals surface area (Å²) < 4.78 is 5.72. The van der Waals surface area contributed by atoms with E-state index in [2.05, 4.69) is 17.6 Å². The van der Waals surface area contributed by atoms with Crippen molar-refractivity contribution in [3.8, 4) is 5.75 Å². The summed E-state index contributed by atoms with van der Waals surface area (Å²) >= 11 is 0. The number of urea groups is 1. The number of ether oxygens (including phenoxy) is 1. The van der Waals surface area contributed by atoms with Gasteiger partial charge in [0.05, 0.1) is 18.8 Å². The monoisotopic (exact) mass is 363 g/mol. The number of nitrogens with zero attached hydrogens (tertiary/aromatic N) is 1. The van der Waals surface area contributed by atoms with Gasteiger partial charge in [-0.05, 0) is 37.9 Å². The first-order valence-electron chi connectivity index (χ1n) is 9.28. The van der Waals surface area contributed by atoms with E-state index in [1.165, 1.54) is 0 Å². The zero-order valence-electron chi connectivity index (χ0n) is 15.5. The first-order valence-corrected chi connectivity index (χ1v) is 9.28. The van der Waals surface area contributed by atoms with Gasteiger partial charge in [0.2, 0.25) is 0 Å². The van der Waals surface area contributed by atoms with E-state index in [0.717, 1.165) is 25.7 Å². The fourth-order valence-corrected chi connectivity index (χ4v) is 3.04. The third-order valence-electron chi connectivity index (χ3n) is 4.60. The number of carboxylic acids is 1. The number of unbranched alkanes of at least 4 members (excludes halogenated alkanes) is 1. The molecule has 7 heteroatoms. The highest BCUT2D eigenvalue weighted by Crippen LogP contribution is 2.27. The minimum atomic E-state index is -0.819. The highest BCUT2D eigenvalue weighted by molar-refractivity contribution is 5.91. The molecule has 0 bridgehead atoms. The molecule has 7 nitrogen and oxygen atoms in total. The lowest BCUT2D eigenvalue weighted by molar-refractivity contribution is -0.139. The lowest BCUT2D eigenvalue weighted by atomic mass is 9.85. The summed E-state index contributed by atoms with van der Waals surface area (Å²) in [4.78, 5) is 25.0. The van der Waals surface area contributed by atoms with Crippen LogP contribution in [0, 0.1) is 0 Å². The Morgan fingerprint density at radius 1 is 1.27 bits per heavy atom. The summed E-state index contributed by atoms with van der Waals surface area (Å²) in [6, 6.07) is 7.41. The van der Waals surface area contributed by atoms with Crippen molar-refractivity contribution in [3.63, 3.8) is 0 Å². The van der Waals surface area contributed by atoms with Crippen LogP contribution in [0.4, 0.5) is 10.5 Å². The molecule has 0 heterocycles. The Hall–Kier alpha value is -2.28. The van der Waals surface area contributed by atoms with E-state index in [9.17, 15) is 9.59 Å². The van der Waals surface area contributed by atoms with Gasteiger partial charge in [-0.3, -0.25) is 9.69 Å². The van der Waals surface area contributed by atoms with Crippen LogP contribution in [0.15, 0.2) is 24.3 Å². The predicted molar refractivity (Wildman–Crippen MR) is 101 cm³/mol. The van der Waals surface area contributed by atoms with Crippen LogP contribution in [-0.2, 0) is 4.79 Å². The average molecular weight is 363 g/mol. The third kappa shape index (κ3) is 5.91. The van der Waals surface area contributed by atoms with Crippen molar-refractivity contribution in [2.45, 2.75) is 51.6 Å². The molecule has 144 valence electrons. The fraction of sp³-hybridized carbons (Fsp3) is 0.579. The van der Waals surface area contributed by atoms with Gasteiger partial charge in [0.15, 0.2) is 0 Å². The molecule has 1 fully saturated rings. The molecular weight excluding hydrogens is 334 g/mol. The van der Waals surface area contributed by atoms with Crippen molar-refractivity contribution in [3.05, 3.63) is 24.3 Å². The molecule has 0 saturated heterocycles. The van der Waals surface area contributed by atoms with Crippen molar-refractivity contribution in [2.75, 3.05) is 25.0 Å². The highest BCUT2D eigenvalue weighted by atomic mass is 16.5. The van der Waals surface area contributed by atoms with Gasteiger partial charge in [-0.15, -0.1) is 0 Å². The quantitative estimate of drug-likeness (QED) is 0.556. The number of rotatable bonds is 10. The molecule has 1 aliphatic carbocycles. The molecule has 0 unspecified atom stereocenters. The minimum absolute atomic E-state index is 0.0442. The SMILES string of the molecule is CCCCOc1ccccc1NC(=O)NC1CC(N(CC)CC(=O)O)C1. The van der Waals surface area contributed by atoms with Gasteiger partial charge in [-0.25, -0.2) is 4.79 Å². The molecule has 0 aliphatic heterocycles. The van der Waals surface area contributed by atoms with Crippen molar-refractivity contribution in [1.29, 1.82) is 0 Å². The minimum Gasteiger partial charge on any atom is -0.491 e. The second kappa shape index (κ2) is 10.0. The van der Waals surface area contributed by atoms with Gasteiger partial charge >= 0.3 is 12.0 Å². The second-order valence-corrected chi connectivity index (χ2v) is 6.58. The Kier molecular flexibility index (Phi) is 7.72. The molecule has 1 saturated carbocycles. The first kappa shape index (κ1) is 20.0. The van der Waals surface area contributed by atoms with E-state index in [1.807, 2.05) is 36.1 Å². The number of carbonyl (C=O) groups is 2. The van der Waals surface area contributed by atoms with Crippen LogP contribution >= 0.6 is 0 Å². The number of carbonyl (C=O) groups excluding carboxylic acids is 1. The number of carboxylic acid groups (broad SMARTS) is 1. The number of nitrogens with one attached hydrogen (secondary N) is 2. The number of hydrogen-bond donors (Lipinski definition) is 3. The van der Waals surface area contributed by atoms with Crippen LogP contribution in [0.3, 0.4) is 0 Å². The van der Waals surface area contributed by atoms with E-state index >= 15 is 0 Å². The Bertz CT molecular complexity index is 602. The predicted octanol–water partition coefficient (Wildman–Crippen LogP) is 2.92. The largest absolute Gasteiger partial charge is 0.491 e. The molecule has 0 radical (unpaired) electrons. The Morgan fingerprint density at radius 3 is 2.65 bits per heavy atom. The summed E-state index contributed by atoms with van der Waals surface area (Å²) in [7, 11) is 0. The maximum Gasteiger partial charge on any atom is 0.319 e.